The van der Waals surface area contributed by atoms with E-state index in [1.807, 2.05) is 0 Å². The number of carbonyl (C=O) groups is 1. The lowest BCUT2D eigenvalue weighted by molar-refractivity contribution is -0.123. The minimum absolute atomic E-state index is 0.00438. The van der Waals surface area contributed by atoms with Crippen molar-refractivity contribution in [3.8, 4) is 0 Å². The molecule has 0 aliphatic rings. The number of hydrogen-bond donors (Lipinski definition) is 3. The molecule has 1 aromatic rings. The number of ether oxygens (including phenoxy) is 1. The van der Waals surface area contributed by atoms with E-state index in [9.17, 15) is 4.79 Å². The molecule has 0 spiro atoms. The lowest BCUT2D eigenvalue weighted by Crippen LogP contribution is -2.42. The van der Waals surface area contributed by atoms with Gasteiger partial charge in [-0.25, -0.2) is 9.67 Å². The van der Waals surface area contributed by atoms with Crippen LogP contribution in [-0.2, 0) is 16.1 Å². The number of aliphatic hydroxyl groups excluding tert-OH is 1. The number of nitrogen functional groups attached to an aromatic ring is 1. The number of carbonyl (C=O) groups excluding carboxylic acids is 1. The van der Waals surface area contributed by atoms with Crippen LogP contribution in [0.25, 0.3) is 0 Å². The molecular formula is C8H15N5O3. The summed E-state index contributed by atoms with van der Waals surface area (Å²) in [5.74, 6) is -0.176. The zero-order valence-corrected chi connectivity index (χ0v) is 8.96. The Morgan fingerprint density at radius 3 is 3.06 bits per heavy atom. The van der Waals surface area contributed by atoms with Gasteiger partial charge < -0.3 is 20.9 Å². The quantitative estimate of drug-likeness (QED) is 0.519. The molecule has 0 aromatic carbocycles. The molecule has 0 bridgehead atoms. The van der Waals surface area contributed by atoms with Crippen molar-refractivity contribution in [3.05, 3.63) is 6.33 Å². The van der Waals surface area contributed by atoms with E-state index in [1.54, 1.807) is 0 Å². The standard InChI is InChI=1S/C8H15N5O3/c1-16-4-6(3-14)11-7(15)2-13-5-10-8(9)12-13/h5-6,14H,2-4H2,1H3,(H2,9,12)(H,11,15). The molecule has 1 unspecified atom stereocenters. The second kappa shape index (κ2) is 6.03. The van der Waals surface area contributed by atoms with Gasteiger partial charge in [-0.2, -0.15) is 0 Å². The van der Waals surface area contributed by atoms with Gasteiger partial charge in [0.05, 0.1) is 19.3 Å². The average Bonchev–Trinajstić information content (AvgIpc) is 2.63. The summed E-state index contributed by atoms with van der Waals surface area (Å²) in [6.07, 6.45) is 1.36. The van der Waals surface area contributed by atoms with Crippen molar-refractivity contribution >= 4 is 11.9 Å². The molecule has 0 radical (unpaired) electrons. The van der Waals surface area contributed by atoms with E-state index in [1.165, 1.54) is 18.1 Å². The third kappa shape index (κ3) is 3.83. The number of nitrogens with two attached hydrogens (primary N) is 1. The van der Waals surface area contributed by atoms with Crippen LogP contribution in [0.3, 0.4) is 0 Å². The Bertz CT molecular complexity index is 340. The van der Waals surface area contributed by atoms with E-state index < -0.39 is 6.04 Å². The molecule has 0 saturated carbocycles. The fraction of sp³-hybridized carbons (Fsp3) is 0.625. The molecule has 1 atom stereocenters. The van der Waals surface area contributed by atoms with Gasteiger partial charge in [0.1, 0.15) is 12.9 Å². The van der Waals surface area contributed by atoms with Crippen LogP contribution in [0.2, 0.25) is 0 Å². The third-order valence-corrected chi connectivity index (χ3v) is 1.81. The van der Waals surface area contributed by atoms with Crippen molar-refractivity contribution in [1.82, 2.24) is 20.1 Å². The highest BCUT2D eigenvalue weighted by molar-refractivity contribution is 5.75. The molecular weight excluding hydrogens is 214 g/mol. The van der Waals surface area contributed by atoms with Crippen LogP contribution >= 0.6 is 0 Å². The summed E-state index contributed by atoms with van der Waals surface area (Å²) in [6.45, 7) is 0.0746. The molecule has 1 heterocycles. The van der Waals surface area contributed by atoms with Crippen molar-refractivity contribution in [3.63, 3.8) is 0 Å². The molecule has 0 aliphatic heterocycles. The summed E-state index contributed by atoms with van der Waals surface area (Å²) in [4.78, 5) is 15.1. The van der Waals surface area contributed by atoms with Crippen LogP contribution in [0, 0.1) is 0 Å². The zero-order chi connectivity index (χ0) is 12.0. The number of anilines is 1. The number of rotatable bonds is 6. The highest BCUT2D eigenvalue weighted by Gasteiger charge is 2.11. The first-order valence-electron chi connectivity index (χ1n) is 4.69. The lowest BCUT2D eigenvalue weighted by atomic mass is 10.3. The molecule has 1 rings (SSSR count). The van der Waals surface area contributed by atoms with Crippen molar-refractivity contribution in [2.24, 2.45) is 0 Å². The van der Waals surface area contributed by atoms with Gasteiger partial charge in [0.15, 0.2) is 0 Å². The first kappa shape index (κ1) is 12.4. The summed E-state index contributed by atoms with van der Waals surface area (Å²) in [5.41, 5.74) is 5.29. The van der Waals surface area contributed by atoms with E-state index in [2.05, 4.69) is 15.4 Å². The highest BCUT2D eigenvalue weighted by Crippen LogP contribution is 1.90. The Hall–Kier alpha value is -1.67. The number of methoxy groups -OCH3 is 1. The highest BCUT2D eigenvalue weighted by atomic mass is 16.5. The summed E-state index contributed by atoms with van der Waals surface area (Å²) >= 11 is 0. The largest absolute Gasteiger partial charge is 0.394 e. The number of aliphatic hydroxyl groups is 1. The molecule has 90 valence electrons. The molecule has 1 amide bonds. The number of nitrogens with one attached hydrogen (secondary N) is 1. The van der Waals surface area contributed by atoms with Gasteiger partial charge in [-0.05, 0) is 0 Å². The molecule has 16 heavy (non-hydrogen) atoms. The fourth-order valence-electron chi connectivity index (χ4n) is 1.15. The third-order valence-electron chi connectivity index (χ3n) is 1.81. The Labute approximate surface area is 92.4 Å². The fourth-order valence-corrected chi connectivity index (χ4v) is 1.15. The monoisotopic (exact) mass is 229 g/mol. The minimum Gasteiger partial charge on any atom is -0.394 e. The first-order valence-corrected chi connectivity index (χ1v) is 4.69. The molecule has 0 aliphatic carbocycles. The smallest absolute Gasteiger partial charge is 0.242 e. The Morgan fingerprint density at radius 1 is 1.81 bits per heavy atom. The van der Waals surface area contributed by atoms with Gasteiger partial charge in [0, 0.05) is 7.11 Å². The minimum atomic E-state index is -0.418. The van der Waals surface area contributed by atoms with E-state index in [4.69, 9.17) is 15.6 Å². The van der Waals surface area contributed by atoms with Gasteiger partial charge in [-0.15, -0.1) is 5.10 Å². The van der Waals surface area contributed by atoms with Crippen LogP contribution in [0.1, 0.15) is 0 Å². The van der Waals surface area contributed by atoms with E-state index in [-0.39, 0.29) is 31.6 Å². The van der Waals surface area contributed by atoms with Gasteiger partial charge in [-0.3, -0.25) is 4.79 Å². The van der Waals surface area contributed by atoms with Crippen molar-refractivity contribution in [2.75, 3.05) is 26.1 Å². The Balaban J connectivity index is 2.40. The Morgan fingerprint density at radius 2 is 2.56 bits per heavy atom. The average molecular weight is 229 g/mol. The van der Waals surface area contributed by atoms with Crippen LogP contribution < -0.4 is 11.1 Å². The van der Waals surface area contributed by atoms with Crippen LogP contribution in [0.15, 0.2) is 6.33 Å². The number of amides is 1. The van der Waals surface area contributed by atoms with Gasteiger partial charge in [0.2, 0.25) is 11.9 Å². The molecule has 0 fully saturated rings. The summed E-state index contributed by atoms with van der Waals surface area (Å²) < 4.78 is 6.13. The normalized spacial score (nSPS) is 12.4. The van der Waals surface area contributed by atoms with E-state index in [0.29, 0.717) is 0 Å². The first-order chi connectivity index (χ1) is 7.65. The second-order valence-electron chi connectivity index (χ2n) is 3.20. The zero-order valence-electron chi connectivity index (χ0n) is 8.96. The topological polar surface area (TPSA) is 115 Å². The van der Waals surface area contributed by atoms with E-state index >= 15 is 0 Å². The number of aromatic nitrogens is 3. The molecule has 8 heteroatoms. The van der Waals surface area contributed by atoms with Crippen LogP contribution in [0.5, 0.6) is 0 Å². The maximum atomic E-state index is 11.5. The molecule has 8 nitrogen and oxygen atoms in total. The number of nitrogens with zero attached hydrogens (tertiary/aromatic N) is 3. The summed E-state index contributed by atoms with van der Waals surface area (Å²) in [6, 6.07) is -0.418. The summed E-state index contributed by atoms with van der Waals surface area (Å²) in [5, 5.41) is 15.3. The predicted molar refractivity (Wildman–Crippen MR) is 55.3 cm³/mol. The van der Waals surface area contributed by atoms with Crippen LogP contribution in [0.4, 0.5) is 5.95 Å². The molecule has 1 aromatic heterocycles. The second-order valence-corrected chi connectivity index (χ2v) is 3.20. The lowest BCUT2D eigenvalue weighted by Gasteiger charge is -2.14. The number of hydrogen-bond acceptors (Lipinski definition) is 6. The summed E-state index contributed by atoms with van der Waals surface area (Å²) in [7, 11) is 1.49. The molecule has 4 N–H and O–H groups in total. The predicted octanol–water partition coefficient (Wildman–Crippen LogP) is -2.02. The van der Waals surface area contributed by atoms with Crippen molar-refractivity contribution < 1.29 is 14.6 Å². The van der Waals surface area contributed by atoms with Crippen molar-refractivity contribution in [1.29, 1.82) is 0 Å². The SMILES string of the molecule is COCC(CO)NC(=O)Cn1cnc(N)n1. The van der Waals surface area contributed by atoms with Crippen molar-refractivity contribution in [2.45, 2.75) is 12.6 Å². The molecule has 0 saturated heterocycles. The van der Waals surface area contributed by atoms with Gasteiger partial charge >= 0.3 is 0 Å². The van der Waals surface area contributed by atoms with E-state index in [0.717, 1.165) is 0 Å². The van der Waals surface area contributed by atoms with Gasteiger partial charge in [-0.1, -0.05) is 0 Å². The van der Waals surface area contributed by atoms with Crippen LogP contribution in [-0.4, -0.2) is 52.1 Å². The van der Waals surface area contributed by atoms with Gasteiger partial charge in [0.25, 0.3) is 0 Å². The Kier molecular flexibility index (Phi) is 4.67. The maximum absolute atomic E-state index is 11.5. The maximum Gasteiger partial charge on any atom is 0.242 e.